The lowest BCUT2D eigenvalue weighted by molar-refractivity contribution is 0.0696. The molecular formula is C14H15NO4S. The van der Waals surface area contributed by atoms with Crippen LogP contribution in [0.4, 0.5) is 0 Å². The van der Waals surface area contributed by atoms with Crippen LogP contribution in [-0.2, 0) is 6.61 Å². The van der Waals surface area contributed by atoms with Crippen molar-refractivity contribution in [2.24, 2.45) is 0 Å². The Morgan fingerprint density at radius 3 is 2.45 bits per heavy atom. The third-order valence-corrected chi connectivity index (χ3v) is 3.30. The molecule has 0 aliphatic rings. The van der Waals surface area contributed by atoms with Crippen LogP contribution in [-0.4, -0.2) is 22.7 Å². The average Bonchev–Trinajstić information content (AvgIpc) is 2.93. The van der Waals surface area contributed by atoms with Gasteiger partial charge in [-0.2, -0.15) is 0 Å². The largest absolute Gasteiger partial charge is 0.494 e. The fourth-order valence-electron chi connectivity index (χ4n) is 1.48. The number of benzene rings is 1. The van der Waals surface area contributed by atoms with Gasteiger partial charge in [-0.15, -0.1) is 11.3 Å². The molecule has 1 heterocycles. The van der Waals surface area contributed by atoms with Gasteiger partial charge in [-0.3, -0.25) is 0 Å². The van der Waals surface area contributed by atoms with Crippen molar-refractivity contribution in [1.82, 2.24) is 4.98 Å². The smallest absolute Gasteiger partial charge is 0.365 e. The monoisotopic (exact) mass is 293 g/mol. The normalized spacial score (nSPS) is 10.2. The van der Waals surface area contributed by atoms with Crippen LogP contribution in [0, 0.1) is 0 Å². The van der Waals surface area contributed by atoms with Crippen molar-refractivity contribution in [1.29, 1.82) is 0 Å². The molecule has 0 spiro atoms. The molecule has 5 nitrogen and oxygen atoms in total. The van der Waals surface area contributed by atoms with Gasteiger partial charge >= 0.3 is 5.97 Å². The van der Waals surface area contributed by atoms with E-state index in [4.69, 9.17) is 14.6 Å². The van der Waals surface area contributed by atoms with E-state index in [1.54, 1.807) is 5.38 Å². The van der Waals surface area contributed by atoms with Crippen LogP contribution in [0.5, 0.6) is 11.5 Å². The molecule has 0 fully saturated rings. The van der Waals surface area contributed by atoms with Gasteiger partial charge in [0.2, 0.25) is 5.01 Å². The molecule has 20 heavy (non-hydrogen) atoms. The summed E-state index contributed by atoms with van der Waals surface area (Å²) in [6.45, 7) is 2.99. The second kappa shape index (κ2) is 6.91. The fourth-order valence-corrected chi connectivity index (χ4v) is 2.12. The summed E-state index contributed by atoms with van der Waals surface area (Å²) in [6.07, 6.45) is 0.966. The Hall–Kier alpha value is -2.08. The molecule has 2 aromatic rings. The minimum Gasteiger partial charge on any atom is -0.494 e. The summed E-state index contributed by atoms with van der Waals surface area (Å²) < 4.78 is 11.0. The molecule has 0 aliphatic heterocycles. The number of hydrogen-bond acceptors (Lipinski definition) is 5. The molecule has 0 atom stereocenters. The van der Waals surface area contributed by atoms with Crippen molar-refractivity contribution in [3.05, 3.63) is 40.3 Å². The van der Waals surface area contributed by atoms with Crippen molar-refractivity contribution in [2.45, 2.75) is 20.0 Å². The van der Waals surface area contributed by atoms with Crippen molar-refractivity contribution in [3.63, 3.8) is 0 Å². The summed E-state index contributed by atoms with van der Waals surface area (Å²) >= 11 is 1.09. The van der Waals surface area contributed by atoms with E-state index in [1.807, 2.05) is 24.3 Å². The number of nitrogens with zero attached hydrogens (tertiary/aromatic N) is 1. The van der Waals surface area contributed by atoms with E-state index in [0.29, 0.717) is 18.1 Å². The van der Waals surface area contributed by atoms with Crippen LogP contribution in [0.15, 0.2) is 29.6 Å². The van der Waals surface area contributed by atoms with Crippen molar-refractivity contribution in [3.8, 4) is 11.5 Å². The van der Waals surface area contributed by atoms with Gasteiger partial charge in [0.05, 0.1) is 12.3 Å². The first-order valence-electron chi connectivity index (χ1n) is 6.22. The SMILES string of the molecule is CCCOc1ccc(OCc2csc(C(=O)O)n2)cc1. The number of hydrogen-bond donors (Lipinski definition) is 1. The van der Waals surface area contributed by atoms with E-state index in [9.17, 15) is 4.79 Å². The van der Waals surface area contributed by atoms with E-state index in [-0.39, 0.29) is 11.6 Å². The fraction of sp³-hybridized carbons (Fsp3) is 0.286. The number of aromatic nitrogens is 1. The van der Waals surface area contributed by atoms with E-state index in [0.717, 1.165) is 23.5 Å². The Bertz CT molecular complexity index is 565. The van der Waals surface area contributed by atoms with Crippen LogP contribution in [0.25, 0.3) is 0 Å². The first-order valence-corrected chi connectivity index (χ1v) is 7.10. The Labute approximate surface area is 120 Å². The summed E-state index contributed by atoms with van der Waals surface area (Å²) in [4.78, 5) is 14.7. The standard InChI is InChI=1S/C14H15NO4S/c1-2-7-18-11-3-5-12(6-4-11)19-8-10-9-20-13(15-10)14(16)17/h3-6,9H,2,7-8H2,1H3,(H,16,17). The number of thiazole rings is 1. The number of carbonyl (C=O) groups is 1. The van der Waals surface area contributed by atoms with Gasteiger partial charge in [-0.1, -0.05) is 6.92 Å². The Morgan fingerprint density at radius 1 is 1.25 bits per heavy atom. The molecule has 0 saturated carbocycles. The maximum atomic E-state index is 10.7. The maximum Gasteiger partial charge on any atom is 0.365 e. The maximum absolute atomic E-state index is 10.7. The molecule has 1 N–H and O–H groups in total. The summed E-state index contributed by atoms with van der Waals surface area (Å²) in [7, 11) is 0. The Kier molecular flexibility index (Phi) is 4.95. The number of rotatable bonds is 7. The van der Waals surface area contributed by atoms with E-state index in [1.165, 1.54) is 0 Å². The van der Waals surface area contributed by atoms with Gasteiger partial charge in [0.25, 0.3) is 0 Å². The quantitative estimate of drug-likeness (QED) is 0.849. The summed E-state index contributed by atoms with van der Waals surface area (Å²) in [5.41, 5.74) is 0.610. The zero-order valence-electron chi connectivity index (χ0n) is 11.0. The first-order chi connectivity index (χ1) is 9.69. The molecule has 0 aliphatic carbocycles. The van der Waals surface area contributed by atoms with E-state index in [2.05, 4.69) is 11.9 Å². The molecule has 1 aromatic heterocycles. The lowest BCUT2D eigenvalue weighted by Crippen LogP contribution is -1.99. The molecule has 106 valence electrons. The highest BCUT2D eigenvalue weighted by Gasteiger charge is 2.09. The molecule has 2 rings (SSSR count). The summed E-state index contributed by atoms with van der Waals surface area (Å²) in [5.74, 6) is 0.485. The zero-order chi connectivity index (χ0) is 14.4. The predicted octanol–water partition coefficient (Wildman–Crippen LogP) is 3.21. The molecule has 0 saturated heterocycles. The highest BCUT2D eigenvalue weighted by atomic mass is 32.1. The lowest BCUT2D eigenvalue weighted by atomic mass is 10.3. The predicted molar refractivity (Wildman–Crippen MR) is 75.6 cm³/mol. The van der Waals surface area contributed by atoms with Crippen molar-refractivity contribution < 1.29 is 19.4 Å². The highest BCUT2D eigenvalue weighted by molar-refractivity contribution is 7.11. The van der Waals surface area contributed by atoms with E-state index >= 15 is 0 Å². The second-order valence-electron chi connectivity index (χ2n) is 4.06. The molecule has 0 unspecified atom stereocenters. The van der Waals surface area contributed by atoms with Gasteiger partial charge in [0.15, 0.2) is 0 Å². The van der Waals surface area contributed by atoms with Crippen molar-refractivity contribution in [2.75, 3.05) is 6.61 Å². The van der Waals surface area contributed by atoms with Gasteiger partial charge in [0.1, 0.15) is 18.1 Å². The van der Waals surface area contributed by atoms with Crippen LogP contribution in [0.2, 0.25) is 0 Å². The molecule has 0 radical (unpaired) electrons. The minimum absolute atomic E-state index is 0.0758. The third-order valence-electron chi connectivity index (χ3n) is 2.42. The number of carboxylic acid groups (broad SMARTS) is 1. The van der Waals surface area contributed by atoms with E-state index < -0.39 is 5.97 Å². The first kappa shape index (κ1) is 14.3. The number of aromatic carboxylic acids is 1. The van der Waals surface area contributed by atoms with Crippen LogP contribution in [0.3, 0.4) is 0 Å². The Morgan fingerprint density at radius 2 is 1.90 bits per heavy atom. The topological polar surface area (TPSA) is 68.7 Å². The molecule has 1 aromatic carbocycles. The Balaban J connectivity index is 1.88. The lowest BCUT2D eigenvalue weighted by Gasteiger charge is -2.07. The minimum atomic E-state index is -1.02. The summed E-state index contributed by atoms with van der Waals surface area (Å²) in [6, 6.07) is 7.31. The molecule has 6 heteroatoms. The zero-order valence-corrected chi connectivity index (χ0v) is 11.9. The van der Waals surface area contributed by atoms with Gasteiger partial charge in [-0.25, -0.2) is 9.78 Å². The highest BCUT2D eigenvalue weighted by Crippen LogP contribution is 2.19. The van der Waals surface area contributed by atoms with Crippen molar-refractivity contribution >= 4 is 17.3 Å². The molecule has 0 bridgehead atoms. The van der Waals surface area contributed by atoms with Gasteiger partial charge in [0, 0.05) is 5.38 Å². The number of carboxylic acids is 1. The number of ether oxygens (including phenoxy) is 2. The second-order valence-corrected chi connectivity index (χ2v) is 4.92. The molecular weight excluding hydrogens is 278 g/mol. The van der Waals surface area contributed by atoms with Gasteiger partial charge in [-0.05, 0) is 30.7 Å². The summed E-state index contributed by atoms with van der Waals surface area (Å²) in [5, 5.41) is 10.5. The van der Waals surface area contributed by atoms with Crippen LogP contribution < -0.4 is 9.47 Å². The van der Waals surface area contributed by atoms with Gasteiger partial charge < -0.3 is 14.6 Å². The molecule has 0 amide bonds. The van der Waals surface area contributed by atoms with Crippen LogP contribution in [0.1, 0.15) is 28.8 Å². The van der Waals surface area contributed by atoms with Crippen LogP contribution >= 0.6 is 11.3 Å². The third kappa shape index (κ3) is 3.96. The average molecular weight is 293 g/mol.